The Morgan fingerprint density at radius 1 is 1.07 bits per heavy atom. The highest BCUT2D eigenvalue weighted by molar-refractivity contribution is 9.10. The molecular weight excluding hydrogens is 406 g/mol. The van der Waals surface area contributed by atoms with Gasteiger partial charge in [0.2, 0.25) is 11.8 Å². The molecule has 1 aromatic carbocycles. The lowest BCUT2D eigenvalue weighted by Crippen LogP contribution is -2.44. The van der Waals surface area contributed by atoms with Gasteiger partial charge in [0, 0.05) is 23.5 Å². The van der Waals surface area contributed by atoms with Gasteiger partial charge in [-0.15, -0.1) is 0 Å². The van der Waals surface area contributed by atoms with Gasteiger partial charge in [0.15, 0.2) is 0 Å². The lowest BCUT2D eigenvalue weighted by Gasteiger charge is -2.33. The van der Waals surface area contributed by atoms with Gasteiger partial charge in [-0.3, -0.25) is 14.5 Å². The van der Waals surface area contributed by atoms with Crippen molar-refractivity contribution in [1.29, 1.82) is 0 Å². The summed E-state index contributed by atoms with van der Waals surface area (Å²) in [6.45, 7) is 5.87. The summed E-state index contributed by atoms with van der Waals surface area (Å²) in [4.78, 5) is 29.4. The molecule has 2 saturated heterocycles. The average Bonchev–Trinajstić information content (AvgIpc) is 2.93. The standard InChI is InChI=1S/C21H30BrN3O2/c1-16-6-7-19(18(22)14-16)23-20(26)15-24-12-8-17(9-13-24)21(27)25-10-4-2-3-5-11-25/h6-7,14,17H,2-5,8-13,15H2,1H3,(H,23,26). The van der Waals surface area contributed by atoms with Crippen molar-refractivity contribution < 1.29 is 9.59 Å². The van der Waals surface area contributed by atoms with Gasteiger partial charge in [0.25, 0.3) is 0 Å². The zero-order chi connectivity index (χ0) is 19.2. The molecule has 5 nitrogen and oxygen atoms in total. The van der Waals surface area contributed by atoms with Crippen LogP contribution in [0.5, 0.6) is 0 Å². The van der Waals surface area contributed by atoms with Crippen LogP contribution in [0, 0.1) is 12.8 Å². The zero-order valence-corrected chi connectivity index (χ0v) is 17.8. The van der Waals surface area contributed by atoms with Gasteiger partial charge >= 0.3 is 0 Å². The molecular formula is C21H30BrN3O2. The summed E-state index contributed by atoms with van der Waals surface area (Å²) in [7, 11) is 0. The van der Waals surface area contributed by atoms with Crippen LogP contribution in [0.4, 0.5) is 5.69 Å². The first-order valence-electron chi connectivity index (χ1n) is 10.1. The minimum Gasteiger partial charge on any atom is -0.342 e. The van der Waals surface area contributed by atoms with Crippen molar-refractivity contribution >= 4 is 33.4 Å². The molecule has 0 aromatic heterocycles. The fourth-order valence-corrected chi connectivity index (χ4v) is 4.59. The quantitative estimate of drug-likeness (QED) is 0.781. The van der Waals surface area contributed by atoms with Gasteiger partial charge in [-0.05, 0) is 79.3 Å². The van der Waals surface area contributed by atoms with Crippen molar-refractivity contribution in [2.45, 2.75) is 45.4 Å². The Labute approximate surface area is 170 Å². The van der Waals surface area contributed by atoms with E-state index in [1.807, 2.05) is 25.1 Å². The fourth-order valence-electron chi connectivity index (χ4n) is 4.00. The van der Waals surface area contributed by atoms with Gasteiger partial charge in [0.1, 0.15) is 0 Å². The maximum atomic E-state index is 12.8. The van der Waals surface area contributed by atoms with Crippen molar-refractivity contribution in [2.75, 3.05) is 38.0 Å². The zero-order valence-electron chi connectivity index (χ0n) is 16.2. The number of nitrogens with zero attached hydrogens (tertiary/aromatic N) is 2. The molecule has 0 radical (unpaired) electrons. The fraction of sp³-hybridized carbons (Fsp3) is 0.619. The van der Waals surface area contributed by atoms with Crippen LogP contribution in [0.1, 0.15) is 44.1 Å². The molecule has 1 N–H and O–H groups in total. The maximum absolute atomic E-state index is 12.8. The van der Waals surface area contributed by atoms with Crippen LogP contribution in [-0.2, 0) is 9.59 Å². The van der Waals surface area contributed by atoms with Crippen LogP contribution >= 0.6 is 15.9 Å². The molecule has 27 heavy (non-hydrogen) atoms. The number of benzene rings is 1. The third kappa shape index (κ3) is 5.79. The number of hydrogen-bond acceptors (Lipinski definition) is 3. The van der Waals surface area contributed by atoms with Crippen LogP contribution in [0.3, 0.4) is 0 Å². The van der Waals surface area contributed by atoms with E-state index in [2.05, 4.69) is 31.0 Å². The van der Waals surface area contributed by atoms with Gasteiger partial charge in [-0.2, -0.15) is 0 Å². The number of likely N-dealkylation sites (tertiary alicyclic amines) is 2. The smallest absolute Gasteiger partial charge is 0.238 e. The largest absolute Gasteiger partial charge is 0.342 e. The van der Waals surface area contributed by atoms with E-state index in [1.165, 1.54) is 12.8 Å². The molecule has 2 amide bonds. The minimum absolute atomic E-state index is 0.00292. The molecule has 0 saturated carbocycles. The van der Waals surface area contributed by atoms with E-state index < -0.39 is 0 Å². The predicted molar refractivity (Wildman–Crippen MR) is 112 cm³/mol. The van der Waals surface area contributed by atoms with E-state index in [4.69, 9.17) is 0 Å². The molecule has 0 spiro atoms. The Morgan fingerprint density at radius 3 is 2.37 bits per heavy atom. The molecule has 2 heterocycles. The third-order valence-corrected chi connectivity index (χ3v) is 6.28. The Balaban J connectivity index is 1.44. The number of rotatable bonds is 4. The van der Waals surface area contributed by atoms with E-state index in [0.29, 0.717) is 12.5 Å². The minimum atomic E-state index is -0.00292. The van der Waals surface area contributed by atoms with E-state index in [-0.39, 0.29) is 11.8 Å². The molecule has 2 fully saturated rings. The monoisotopic (exact) mass is 435 g/mol. The van der Waals surface area contributed by atoms with Gasteiger partial charge < -0.3 is 10.2 Å². The molecule has 1 aromatic rings. The number of hydrogen-bond donors (Lipinski definition) is 1. The average molecular weight is 436 g/mol. The van der Waals surface area contributed by atoms with Gasteiger partial charge in [0.05, 0.1) is 12.2 Å². The summed E-state index contributed by atoms with van der Waals surface area (Å²) in [5.74, 6) is 0.468. The summed E-state index contributed by atoms with van der Waals surface area (Å²) in [6.07, 6.45) is 6.48. The lowest BCUT2D eigenvalue weighted by molar-refractivity contribution is -0.137. The number of halogens is 1. The molecule has 0 atom stereocenters. The first-order chi connectivity index (χ1) is 13.0. The van der Waals surface area contributed by atoms with Crippen molar-refractivity contribution in [1.82, 2.24) is 9.80 Å². The van der Waals surface area contributed by atoms with Crippen molar-refractivity contribution in [3.05, 3.63) is 28.2 Å². The van der Waals surface area contributed by atoms with E-state index in [0.717, 1.165) is 67.6 Å². The van der Waals surface area contributed by atoms with Gasteiger partial charge in [-0.1, -0.05) is 18.9 Å². The lowest BCUT2D eigenvalue weighted by atomic mass is 9.95. The SMILES string of the molecule is Cc1ccc(NC(=O)CN2CCC(C(=O)N3CCCCCC3)CC2)c(Br)c1. The van der Waals surface area contributed by atoms with Crippen LogP contribution < -0.4 is 5.32 Å². The number of nitrogens with one attached hydrogen (secondary N) is 1. The molecule has 6 heteroatoms. The van der Waals surface area contributed by atoms with Crippen molar-refractivity contribution in [2.24, 2.45) is 5.92 Å². The maximum Gasteiger partial charge on any atom is 0.238 e. The summed E-state index contributed by atoms with van der Waals surface area (Å²) in [5.41, 5.74) is 1.95. The number of carbonyl (C=O) groups is 2. The number of aryl methyl sites for hydroxylation is 1. The topological polar surface area (TPSA) is 52.7 Å². The number of piperidine rings is 1. The third-order valence-electron chi connectivity index (χ3n) is 5.62. The Hall–Kier alpha value is -1.40. The number of carbonyl (C=O) groups excluding carboxylic acids is 2. The molecule has 3 rings (SSSR count). The first-order valence-corrected chi connectivity index (χ1v) is 10.9. The molecule has 0 bridgehead atoms. The number of anilines is 1. The highest BCUT2D eigenvalue weighted by atomic mass is 79.9. The molecule has 2 aliphatic heterocycles. The van der Waals surface area contributed by atoms with Crippen LogP contribution in [0.15, 0.2) is 22.7 Å². The number of amides is 2. The second-order valence-electron chi connectivity index (χ2n) is 7.82. The first kappa shape index (κ1) is 20.3. The van der Waals surface area contributed by atoms with Crippen LogP contribution in [-0.4, -0.2) is 54.3 Å². The normalized spacial score (nSPS) is 19.6. The highest BCUT2D eigenvalue weighted by Crippen LogP contribution is 2.24. The molecule has 2 aliphatic rings. The molecule has 0 aliphatic carbocycles. The van der Waals surface area contributed by atoms with E-state index in [1.54, 1.807) is 0 Å². The summed E-state index contributed by atoms with van der Waals surface area (Å²) >= 11 is 3.50. The second-order valence-corrected chi connectivity index (χ2v) is 8.68. The summed E-state index contributed by atoms with van der Waals surface area (Å²) in [6, 6.07) is 5.90. The van der Waals surface area contributed by atoms with Gasteiger partial charge in [-0.25, -0.2) is 0 Å². The Bertz CT molecular complexity index is 663. The molecule has 148 valence electrons. The highest BCUT2D eigenvalue weighted by Gasteiger charge is 2.29. The van der Waals surface area contributed by atoms with E-state index in [9.17, 15) is 9.59 Å². The summed E-state index contributed by atoms with van der Waals surface area (Å²) < 4.78 is 0.901. The molecule has 0 unspecified atom stereocenters. The van der Waals surface area contributed by atoms with Crippen LogP contribution in [0.2, 0.25) is 0 Å². The van der Waals surface area contributed by atoms with Crippen molar-refractivity contribution in [3.63, 3.8) is 0 Å². The summed E-state index contributed by atoms with van der Waals surface area (Å²) in [5, 5.41) is 2.97. The Kier molecular flexibility index (Phi) is 7.30. The second kappa shape index (κ2) is 9.69. The predicted octanol–water partition coefficient (Wildman–Crippen LogP) is 3.81. The van der Waals surface area contributed by atoms with Crippen molar-refractivity contribution in [3.8, 4) is 0 Å². The Morgan fingerprint density at radius 2 is 1.74 bits per heavy atom. The van der Waals surface area contributed by atoms with E-state index >= 15 is 0 Å². The van der Waals surface area contributed by atoms with Crippen LogP contribution in [0.25, 0.3) is 0 Å².